The molecule has 0 spiro atoms. The Labute approximate surface area is 57.3 Å². The quantitative estimate of drug-likeness (QED) is 0.534. The number of hydrogen-bond donors (Lipinski definition) is 0. The van der Waals surface area contributed by atoms with Gasteiger partial charge in [0.1, 0.15) is 0 Å². The highest BCUT2D eigenvalue weighted by molar-refractivity contribution is 9.09. The highest BCUT2D eigenvalue weighted by Gasteiger charge is 2.25. The summed E-state index contributed by atoms with van der Waals surface area (Å²) in [5, 5.41) is 0. The Bertz CT molecular complexity index is 172. The molecule has 0 radical (unpaired) electrons. The van der Waals surface area contributed by atoms with Crippen LogP contribution in [0, 0.1) is 0 Å². The van der Waals surface area contributed by atoms with Crippen LogP contribution in [0.25, 0.3) is 0 Å². The van der Waals surface area contributed by atoms with Gasteiger partial charge >= 0.3 is 0 Å². The Morgan fingerprint density at radius 1 is 1.50 bits per heavy atom. The summed E-state index contributed by atoms with van der Waals surface area (Å²) in [6, 6.07) is 0. The molecule has 0 aromatic carbocycles. The maximum atomic E-state index is 10.6. The van der Waals surface area contributed by atoms with Crippen LogP contribution < -0.4 is 0 Å². The molecule has 0 saturated carbocycles. The lowest BCUT2D eigenvalue weighted by Crippen LogP contribution is -2.02. The average molecular weight is 199 g/mol. The molecule has 0 N–H and O–H groups in total. The summed E-state index contributed by atoms with van der Waals surface area (Å²) in [5.41, 5.74) is 0. The van der Waals surface area contributed by atoms with E-state index in [1.165, 1.54) is 0 Å². The monoisotopic (exact) mass is 198 g/mol. The number of halogens is 1. The summed E-state index contributed by atoms with van der Waals surface area (Å²) in [6.07, 6.45) is 0.780. The third-order valence-corrected chi connectivity index (χ3v) is 4.15. The van der Waals surface area contributed by atoms with Gasteiger partial charge in [-0.05, 0) is 6.42 Å². The summed E-state index contributed by atoms with van der Waals surface area (Å²) >= 11 is 3.23. The molecule has 0 bridgehead atoms. The van der Waals surface area contributed by atoms with E-state index >= 15 is 0 Å². The van der Waals surface area contributed by atoms with Crippen molar-refractivity contribution in [3.8, 4) is 0 Å². The SMILES string of the molecule is O=S1(=O)CC[C@@H](Br)C1. The van der Waals surface area contributed by atoms with Crippen molar-refractivity contribution in [1.82, 2.24) is 0 Å². The second kappa shape index (κ2) is 1.99. The molecule has 8 heavy (non-hydrogen) atoms. The van der Waals surface area contributed by atoms with Gasteiger partial charge in [0.25, 0.3) is 0 Å². The fourth-order valence-corrected chi connectivity index (χ4v) is 4.02. The Morgan fingerprint density at radius 3 is 2.25 bits per heavy atom. The van der Waals surface area contributed by atoms with Gasteiger partial charge in [0.15, 0.2) is 9.84 Å². The first-order valence-electron chi connectivity index (χ1n) is 2.45. The number of alkyl halides is 1. The molecule has 2 nitrogen and oxygen atoms in total. The molecule has 4 heteroatoms. The summed E-state index contributed by atoms with van der Waals surface area (Å²) in [5.74, 6) is 0.690. The van der Waals surface area contributed by atoms with Crippen molar-refractivity contribution in [3.05, 3.63) is 0 Å². The number of rotatable bonds is 0. The first-order valence-corrected chi connectivity index (χ1v) is 5.18. The van der Waals surface area contributed by atoms with Crippen molar-refractivity contribution in [2.75, 3.05) is 11.5 Å². The molecule has 48 valence electrons. The Kier molecular flexibility index (Phi) is 1.63. The molecule has 0 aromatic heterocycles. The van der Waals surface area contributed by atoms with E-state index in [1.54, 1.807) is 0 Å². The normalized spacial score (nSPS) is 35.4. The van der Waals surface area contributed by atoms with Gasteiger partial charge in [-0.15, -0.1) is 0 Å². The van der Waals surface area contributed by atoms with E-state index in [-0.39, 0.29) is 4.83 Å². The zero-order chi connectivity index (χ0) is 6.20. The van der Waals surface area contributed by atoms with E-state index in [1.807, 2.05) is 0 Å². The van der Waals surface area contributed by atoms with Crippen LogP contribution in [0.4, 0.5) is 0 Å². The number of hydrogen-bond acceptors (Lipinski definition) is 2. The molecule has 0 unspecified atom stereocenters. The van der Waals surface area contributed by atoms with E-state index in [4.69, 9.17) is 0 Å². The second-order valence-electron chi connectivity index (χ2n) is 2.00. The lowest BCUT2D eigenvalue weighted by atomic mass is 10.4. The van der Waals surface area contributed by atoms with E-state index in [2.05, 4.69) is 15.9 Å². The van der Waals surface area contributed by atoms with Gasteiger partial charge < -0.3 is 0 Å². The molecule has 0 aliphatic carbocycles. The van der Waals surface area contributed by atoms with E-state index in [0.717, 1.165) is 6.42 Å². The van der Waals surface area contributed by atoms with Gasteiger partial charge in [0, 0.05) is 4.83 Å². The van der Waals surface area contributed by atoms with Crippen molar-refractivity contribution in [1.29, 1.82) is 0 Å². The zero-order valence-corrected chi connectivity index (χ0v) is 6.70. The molecule has 0 amide bonds. The maximum Gasteiger partial charge on any atom is 0.151 e. The van der Waals surface area contributed by atoms with Gasteiger partial charge in [0.05, 0.1) is 11.5 Å². The predicted octanol–water partition coefficient (Wildman–Crippen LogP) is 0.568. The standard InChI is InChI=1S/C4H7BrO2S/c5-4-1-2-8(6,7)3-4/h4H,1-3H2/t4-/m1/s1. The van der Waals surface area contributed by atoms with Crippen LogP contribution >= 0.6 is 15.9 Å². The second-order valence-corrected chi connectivity index (χ2v) is 5.52. The largest absolute Gasteiger partial charge is 0.229 e. The van der Waals surface area contributed by atoms with Gasteiger partial charge in [-0.25, -0.2) is 8.42 Å². The van der Waals surface area contributed by atoms with E-state index < -0.39 is 9.84 Å². The van der Waals surface area contributed by atoms with Crippen molar-refractivity contribution in [3.63, 3.8) is 0 Å². The Morgan fingerprint density at radius 2 is 2.12 bits per heavy atom. The molecule has 1 atom stereocenters. The van der Waals surface area contributed by atoms with Crippen LogP contribution in [-0.4, -0.2) is 24.8 Å². The third kappa shape index (κ3) is 1.45. The summed E-state index contributed by atoms with van der Waals surface area (Å²) in [7, 11) is -2.64. The van der Waals surface area contributed by atoms with Crippen molar-refractivity contribution in [2.24, 2.45) is 0 Å². The smallest absolute Gasteiger partial charge is 0.151 e. The lowest BCUT2D eigenvalue weighted by molar-refractivity contribution is 0.602. The molecule has 1 fully saturated rings. The minimum absolute atomic E-state index is 0.215. The van der Waals surface area contributed by atoms with E-state index in [0.29, 0.717) is 11.5 Å². The predicted molar refractivity (Wildman–Crippen MR) is 36.0 cm³/mol. The summed E-state index contributed by atoms with van der Waals surface area (Å²) < 4.78 is 21.2. The van der Waals surface area contributed by atoms with Crippen molar-refractivity contribution >= 4 is 25.8 Å². The van der Waals surface area contributed by atoms with Crippen LogP contribution in [0.5, 0.6) is 0 Å². The molecule has 1 heterocycles. The lowest BCUT2D eigenvalue weighted by Gasteiger charge is -1.88. The number of sulfone groups is 1. The molecule has 1 rings (SSSR count). The summed E-state index contributed by atoms with van der Waals surface area (Å²) in [4.78, 5) is 0.215. The van der Waals surface area contributed by atoms with Crippen molar-refractivity contribution < 1.29 is 8.42 Å². The summed E-state index contributed by atoms with van der Waals surface area (Å²) in [6.45, 7) is 0. The van der Waals surface area contributed by atoms with Crippen LogP contribution in [0.15, 0.2) is 0 Å². The topological polar surface area (TPSA) is 34.1 Å². The van der Waals surface area contributed by atoms with E-state index in [9.17, 15) is 8.42 Å². The fourth-order valence-electron chi connectivity index (χ4n) is 0.750. The zero-order valence-electron chi connectivity index (χ0n) is 4.30. The first-order chi connectivity index (χ1) is 3.60. The minimum Gasteiger partial charge on any atom is -0.229 e. The van der Waals surface area contributed by atoms with Gasteiger partial charge in [-0.2, -0.15) is 0 Å². The van der Waals surface area contributed by atoms with Crippen LogP contribution in [0.2, 0.25) is 0 Å². The molecule has 1 aliphatic rings. The van der Waals surface area contributed by atoms with Crippen LogP contribution in [0.3, 0.4) is 0 Å². The third-order valence-electron chi connectivity index (χ3n) is 1.18. The highest BCUT2D eigenvalue weighted by Crippen LogP contribution is 2.17. The first kappa shape index (κ1) is 6.55. The molecular weight excluding hydrogens is 192 g/mol. The van der Waals surface area contributed by atoms with Crippen molar-refractivity contribution in [2.45, 2.75) is 11.2 Å². The Hall–Kier alpha value is 0.430. The molecule has 1 aliphatic heterocycles. The van der Waals surface area contributed by atoms with Gasteiger partial charge in [-0.3, -0.25) is 0 Å². The molecule has 1 saturated heterocycles. The Balaban J connectivity index is 2.71. The minimum atomic E-state index is -2.64. The molecule has 0 aromatic rings. The van der Waals surface area contributed by atoms with Crippen LogP contribution in [0.1, 0.15) is 6.42 Å². The van der Waals surface area contributed by atoms with Crippen LogP contribution in [-0.2, 0) is 9.84 Å². The molecular formula is C4H7BrO2S. The van der Waals surface area contributed by atoms with Gasteiger partial charge in [-0.1, -0.05) is 15.9 Å². The maximum absolute atomic E-state index is 10.6. The van der Waals surface area contributed by atoms with Gasteiger partial charge in [0.2, 0.25) is 0 Å². The average Bonchev–Trinajstić information content (AvgIpc) is 1.82. The highest BCUT2D eigenvalue weighted by atomic mass is 79.9. The fraction of sp³-hybridized carbons (Fsp3) is 1.00.